The van der Waals surface area contributed by atoms with E-state index < -0.39 is 0 Å². The largest absolute Gasteiger partial charge is 0.481 e. The molecule has 0 saturated carbocycles. The maximum Gasteiger partial charge on any atom is 0.212 e. The molecule has 4 heteroatoms. The van der Waals surface area contributed by atoms with Crippen molar-refractivity contribution in [2.45, 2.75) is 26.8 Å². The fraction of sp³-hybridized carbons (Fsp3) is 0.318. The van der Waals surface area contributed by atoms with Gasteiger partial charge in [-0.25, -0.2) is 4.98 Å². The Bertz CT molecular complexity index is 983. The van der Waals surface area contributed by atoms with E-state index in [0.717, 1.165) is 25.1 Å². The van der Waals surface area contributed by atoms with Gasteiger partial charge in [-0.3, -0.25) is 0 Å². The number of ether oxygens (including phenoxy) is 1. The number of aryl methyl sites for hydroxylation is 1. The van der Waals surface area contributed by atoms with Gasteiger partial charge in [-0.1, -0.05) is 11.6 Å². The van der Waals surface area contributed by atoms with Gasteiger partial charge in [-0.2, -0.15) is 0 Å². The van der Waals surface area contributed by atoms with Gasteiger partial charge in [0.15, 0.2) is 0 Å². The highest BCUT2D eigenvalue weighted by atomic mass is 16.5. The van der Waals surface area contributed by atoms with Crippen molar-refractivity contribution in [3.05, 3.63) is 58.9 Å². The molecule has 3 aromatic rings. The van der Waals surface area contributed by atoms with E-state index in [4.69, 9.17) is 4.74 Å². The molecule has 134 valence electrons. The van der Waals surface area contributed by atoms with Crippen LogP contribution in [0.25, 0.3) is 22.7 Å². The van der Waals surface area contributed by atoms with Crippen molar-refractivity contribution >= 4 is 22.7 Å². The summed E-state index contributed by atoms with van der Waals surface area (Å²) in [7, 11) is 3.84. The molecule has 4 rings (SSSR count). The minimum absolute atomic E-state index is 0.642. The van der Waals surface area contributed by atoms with Gasteiger partial charge in [0.2, 0.25) is 5.88 Å². The molecule has 0 amide bonds. The van der Waals surface area contributed by atoms with Gasteiger partial charge >= 0.3 is 0 Å². The molecule has 3 heterocycles. The second-order valence-corrected chi connectivity index (χ2v) is 7.20. The Labute approximate surface area is 154 Å². The fourth-order valence-corrected chi connectivity index (χ4v) is 3.79. The van der Waals surface area contributed by atoms with Gasteiger partial charge < -0.3 is 14.2 Å². The first kappa shape index (κ1) is 16.9. The van der Waals surface area contributed by atoms with E-state index >= 15 is 0 Å². The third-order valence-electron chi connectivity index (χ3n) is 5.26. The quantitative estimate of drug-likeness (QED) is 0.705. The van der Waals surface area contributed by atoms with Crippen LogP contribution in [0, 0.1) is 6.92 Å². The normalized spacial score (nSPS) is 15.3. The van der Waals surface area contributed by atoms with E-state index in [2.05, 4.69) is 65.8 Å². The first-order chi connectivity index (χ1) is 12.6. The molecule has 0 unspecified atom stereocenters. The average Bonchev–Trinajstić information content (AvgIpc) is 2.94. The van der Waals surface area contributed by atoms with Crippen LogP contribution in [0.1, 0.15) is 29.3 Å². The van der Waals surface area contributed by atoms with Crippen LogP contribution in [0.3, 0.4) is 0 Å². The van der Waals surface area contributed by atoms with Crippen molar-refractivity contribution in [1.82, 2.24) is 14.5 Å². The van der Waals surface area contributed by atoms with Crippen LogP contribution in [-0.4, -0.2) is 35.2 Å². The molecule has 0 radical (unpaired) electrons. The van der Waals surface area contributed by atoms with Crippen LogP contribution in [0.2, 0.25) is 0 Å². The van der Waals surface area contributed by atoms with Crippen LogP contribution in [-0.2, 0) is 13.0 Å². The van der Waals surface area contributed by atoms with E-state index in [9.17, 15) is 0 Å². The lowest BCUT2D eigenvalue weighted by atomic mass is 10.0. The third kappa shape index (κ3) is 2.90. The van der Waals surface area contributed by atoms with E-state index in [1.807, 2.05) is 12.3 Å². The summed E-state index contributed by atoms with van der Waals surface area (Å²) >= 11 is 0. The molecule has 0 aliphatic carbocycles. The van der Waals surface area contributed by atoms with E-state index in [-0.39, 0.29) is 0 Å². The van der Waals surface area contributed by atoms with Gasteiger partial charge in [-0.15, -0.1) is 0 Å². The number of likely N-dealkylation sites (N-methyl/N-ethyl adjacent to an activating group) is 1. The fourth-order valence-electron chi connectivity index (χ4n) is 3.79. The van der Waals surface area contributed by atoms with Crippen LogP contribution >= 0.6 is 0 Å². The van der Waals surface area contributed by atoms with Crippen molar-refractivity contribution in [3.8, 4) is 5.88 Å². The summed E-state index contributed by atoms with van der Waals surface area (Å²) in [5, 5.41) is 1.38. The van der Waals surface area contributed by atoms with Gasteiger partial charge in [0.1, 0.15) is 0 Å². The van der Waals surface area contributed by atoms with Crippen LogP contribution in [0.4, 0.5) is 0 Å². The number of nitrogens with zero attached hydrogens (tertiary/aromatic N) is 3. The topological polar surface area (TPSA) is 30.3 Å². The maximum atomic E-state index is 5.17. The summed E-state index contributed by atoms with van der Waals surface area (Å²) in [4.78, 5) is 6.74. The number of benzene rings is 1. The number of rotatable bonds is 3. The molecule has 1 aliphatic heterocycles. The first-order valence-electron chi connectivity index (χ1n) is 9.06. The molecule has 0 spiro atoms. The summed E-state index contributed by atoms with van der Waals surface area (Å²) in [5.74, 6) is 0.642. The average molecular weight is 347 g/mol. The first-order valence-corrected chi connectivity index (χ1v) is 9.06. The Hall–Kier alpha value is -2.59. The summed E-state index contributed by atoms with van der Waals surface area (Å²) in [6.45, 7) is 6.42. The molecule has 26 heavy (non-hydrogen) atoms. The molecule has 0 bridgehead atoms. The molecular formula is C22H25N3O. The number of hydrogen-bond donors (Lipinski definition) is 0. The lowest BCUT2D eigenvalue weighted by Gasteiger charge is -2.23. The van der Waals surface area contributed by atoms with Crippen molar-refractivity contribution in [1.29, 1.82) is 0 Å². The molecular weight excluding hydrogens is 322 g/mol. The third-order valence-corrected chi connectivity index (χ3v) is 5.26. The molecule has 0 fully saturated rings. The zero-order valence-corrected chi connectivity index (χ0v) is 15.9. The van der Waals surface area contributed by atoms with Gasteiger partial charge in [0, 0.05) is 49.1 Å². The molecule has 4 nitrogen and oxygen atoms in total. The Morgan fingerprint density at radius 1 is 1.23 bits per heavy atom. The Balaban J connectivity index is 1.85. The van der Waals surface area contributed by atoms with Crippen molar-refractivity contribution in [2.24, 2.45) is 0 Å². The van der Waals surface area contributed by atoms with Crippen molar-refractivity contribution < 1.29 is 4.74 Å². The second kappa shape index (κ2) is 6.61. The lowest BCUT2D eigenvalue weighted by molar-refractivity contribution is 0.312. The minimum Gasteiger partial charge on any atom is -0.481 e. The molecule has 1 aliphatic rings. The predicted octanol–water partition coefficient (Wildman–Crippen LogP) is 4.36. The molecule has 0 N–H and O–H groups in total. The zero-order chi connectivity index (χ0) is 18.3. The molecule has 0 saturated heterocycles. The second-order valence-electron chi connectivity index (χ2n) is 7.20. The zero-order valence-electron chi connectivity index (χ0n) is 15.9. The highest BCUT2D eigenvalue weighted by molar-refractivity contribution is 5.90. The van der Waals surface area contributed by atoms with Gasteiger partial charge in [-0.05, 0) is 55.8 Å². The Kier molecular flexibility index (Phi) is 4.29. The van der Waals surface area contributed by atoms with E-state index in [1.54, 1.807) is 7.11 Å². The number of fused-ring (bicyclic) bond motifs is 3. The molecule has 1 aromatic carbocycles. The monoisotopic (exact) mass is 347 g/mol. The standard InChI is InChI=1S/C22H25N3O/c1-15-5-7-20-18(11-15)19-14-24(3)10-9-21(19)25(20)13-16(2)17-6-8-22(26-4)23-12-17/h5-8,11-13H,9-10,14H2,1-4H3/b16-13-. The number of methoxy groups -OCH3 is 1. The molecule has 2 aromatic heterocycles. The van der Waals surface area contributed by atoms with E-state index in [0.29, 0.717) is 5.88 Å². The number of hydrogen-bond acceptors (Lipinski definition) is 3. The summed E-state index contributed by atoms with van der Waals surface area (Å²) in [5.41, 5.74) is 7.81. The summed E-state index contributed by atoms with van der Waals surface area (Å²) in [6.07, 6.45) is 5.20. The van der Waals surface area contributed by atoms with Crippen molar-refractivity contribution in [2.75, 3.05) is 20.7 Å². The Morgan fingerprint density at radius 3 is 2.81 bits per heavy atom. The summed E-state index contributed by atoms with van der Waals surface area (Å²) < 4.78 is 7.55. The SMILES string of the molecule is COc1ccc(/C(C)=C\n2c3c(c4cc(C)ccc42)CN(C)CC3)cn1. The Morgan fingerprint density at radius 2 is 2.08 bits per heavy atom. The van der Waals surface area contributed by atoms with Crippen LogP contribution in [0.5, 0.6) is 5.88 Å². The maximum absolute atomic E-state index is 5.17. The predicted molar refractivity (Wildman–Crippen MR) is 107 cm³/mol. The highest BCUT2D eigenvalue weighted by Crippen LogP contribution is 2.32. The minimum atomic E-state index is 0.642. The smallest absolute Gasteiger partial charge is 0.212 e. The number of allylic oxidation sites excluding steroid dienone is 1. The van der Waals surface area contributed by atoms with Crippen LogP contribution < -0.4 is 4.74 Å². The lowest BCUT2D eigenvalue weighted by Crippen LogP contribution is -2.26. The van der Waals surface area contributed by atoms with Gasteiger partial charge in [0.25, 0.3) is 0 Å². The van der Waals surface area contributed by atoms with Crippen molar-refractivity contribution in [3.63, 3.8) is 0 Å². The summed E-state index contributed by atoms with van der Waals surface area (Å²) in [6, 6.07) is 10.7. The highest BCUT2D eigenvalue weighted by Gasteiger charge is 2.21. The van der Waals surface area contributed by atoms with Crippen LogP contribution in [0.15, 0.2) is 36.5 Å². The number of pyridine rings is 1. The van der Waals surface area contributed by atoms with Gasteiger partial charge in [0.05, 0.1) is 12.6 Å². The molecule has 0 atom stereocenters. The number of aromatic nitrogens is 2. The van der Waals surface area contributed by atoms with E-state index in [1.165, 1.54) is 33.3 Å².